The van der Waals surface area contributed by atoms with Crippen molar-refractivity contribution in [2.45, 2.75) is 27.7 Å². The van der Waals surface area contributed by atoms with Gasteiger partial charge >= 0.3 is 0 Å². The van der Waals surface area contributed by atoms with Crippen LogP contribution in [0.15, 0.2) is 30.5 Å². The van der Waals surface area contributed by atoms with Crippen molar-refractivity contribution in [1.29, 1.82) is 0 Å². The fourth-order valence-electron chi connectivity index (χ4n) is 2.00. The van der Waals surface area contributed by atoms with E-state index in [1.165, 1.54) is 11.1 Å². The van der Waals surface area contributed by atoms with Gasteiger partial charge in [-0.05, 0) is 49.1 Å². The van der Waals surface area contributed by atoms with E-state index in [9.17, 15) is 0 Å². The normalized spacial score (nSPS) is 10.7. The molecule has 0 saturated heterocycles. The molecule has 1 heterocycles. The van der Waals surface area contributed by atoms with Crippen LogP contribution >= 0.6 is 0 Å². The van der Waals surface area contributed by atoms with Crippen molar-refractivity contribution in [2.24, 2.45) is 5.92 Å². The Labute approximate surface area is 120 Å². The predicted octanol–water partition coefficient (Wildman–Crippen LogP) is 3.90. The Hall–Kier alpha value is -2.10. The van der Waals surface area contributed by atoms with E-state index >= 15 is 0 Å². The Morgan fingerprint density at radius 1 is 1.10 bits per heavy atom. The molecule has 106 valence electrons. The van der Waals surface area contributed by atoms with E-state index in [0.29, 0.717) is 11.9 Å². The molecule has 0 aliphatic rings. The summed E-state index contributed by atoms with van der Waals surface area (Å²) in [4.78, 5) is 8.69. The van der Waals surface area contributed by atoms with Gasteiger partial charge in [-0.15, -0.1) is 0 Å². The lowest BCUT2D eigenvalue weighted by Crippen LogP contribution is -2.11. The zero-order chi connectivity index (χ0) is 14.5. The van der Waals surface area contributed by atoms with Crippen LogP contribution in [0.4, 0.5) is 17.5 Å². The average Bonchev–Trinajstić information content (AvgIpc) is 2.35. The average molecular weight is 270 g/mol. The van der Waals surface area contributed by atoms with Crippen molar-refractivity contribution in [3.8, 4) is 0 Å². The van der Waals surface area contributed by atoms with Gasteiger partial charge in [0.25, 0.3) is 0 Å². The van der Waals surface area contributed by atoms with E-state index < -0.39 is 0 Å². The van der Waals surface area contributed by atoms with Gasteiger partial charge in [-0.2, -0.15) is 4.98 Å². The number of nitrogens with zero attached hydrogens (tertiary/aromatic N) is 2. The van der Waals surface area contributed by atoms with Crippen LogP contribution in [0.1, 0.15) is 25.0 Å². The molecule has 0 saturated carbocycles. The highest BCUT2D eigenvalue weighted by Crippen LogP contribution is 2.18. The van der Waals surface area contributed by atoms with Crippen LogP contribution in [0.25, 0.3) is 0 Å². The van der Waals surface area contributed by atoms with Gasteiger partial charge in [0.05, 0.1) is 0 Å². The molecular formula is C16H22N4. The summed E-state index contributed by atoms with van der Waals surface area (Å²) in [6, 6.07) is 8.24. The van der Waals surface area contributed by atoms with Gasteiger partial charge in [-0.1, -0.05) is 19.9 Å². The highest BCUT2D eigenvalue weighted by molar-refractivity contribution is 5.58. The topological polar surface area (TPSA) is 49.8 Å². The van der Waals surface area contributed by atoms with Gasteiger partial charge in [0.1, 0.15) is 5.82 Å². The smallest absolute Gasteiger partial charge is 0.224 e. The number of aryl methyl sites for hydroxylation is 2. The first-order valence-corrected chi connectivity index (χ1v) is 6.95. The van der Waals surface area contributed by atoms with E-state index in [1.54, 1.807) is 6.20 Å². The number of aromatic nitrogens is 2. The summed E-state index contributed by atoms with van der Waals surface area (Å²) in [6.07, 6.45) is 1.76. The van der Waals surface area contributed by atoms with Gasteiger partial charge < -0.3 is 10.6 Å². The molecule has 0 amide bonds. The van der Waals surface area contributed by atoms with Crippen molar-refractivity contribution < 1.29 is 0 Å². The van der Waals surface area contributed by atoms with Crippen molar-refractivity contribution in [1.82, 2.24) is 9.97 Å². The number of benzene rings is 1. The van der Waals surface area contributed by atoms with Crippen molar-refractivity contribution in [3.05, 3.63) is 41.6 Å². The summed E-state index contributed by atoms with van der Waals surface area (Å²) in [5.74, 6) is 2.03. The highest BCUT2D eigenvalue weighted by Gasteiger charge is 2.02. The fraction of sp³-hybridized carbons (Fsp3) is 0.375. The minimum Gasteiger partial charge on any atom is -0.354 e. The first-order valence-electron chi connectivity index (χ1n) is 6.95. The van der Waals surface area contributed by atoms with Gasteiger partial charge in [0.2, 0.25) is 5.95 Å². The summed E-state index contributed by atoms with van der Waals surface area (Å²) < 4.78 is 0. The minimum absolute atomic E-state index is 0.564. The lowest BCUT2D eigenvalue weighted by molar-refractivity contribution is 0.684. The second-order valence-corrected chi connectivity index (χ2v) is 5.54. The number of hydrogen-bond acceptors (Lipinski definition) is 4. The molecule has 4 heteroatoms. The molecule has 1 aromatic carbocycles. The van der Waals surface area contributed by atoms with Gasteiger partial charge in [0, 0.05) is 18.4 Å². The molecule has 0 fully saturated rings. The molecular weight excluding hydrogens is 248 g/mol. The molecule has 0 unspecified atom stereocenters. The Kier molecular flexibility index (Phi) is 4.56. The first-order chi connectivity index (χ1) is 9.52. The zero-order valence-electron chi connectivity index (χ0n) is 12.6. The van der Waals surface area contributed by atoms with Gasteiger partial charge in [-0.25, -0.2) is 4.98 Å². The van der Waals surface area contributed by atoms with E-state index in [1.807, 2.05) is 6.07 Å². The third kappa shape index (κ3) is 4.23. The second-order valence-electron chi connectivity index (χ2n) is 5.54. The summed E-state index contributed by atoms with van der Waals surface area (Å²) in [6.45, 7) is 9.36. The Morgan fingerprint density at radius 3 is 2.45 bits per heavy atom. The lowest BCUT2D eigenvalue weighted by Gasteiger charge is -2.10. The molecule has 4 nitrogen and oxygen atoms in total. The Bertz CT molecular complexity index is 558. The number of nitrogens with one attached hydrogen (secondary N) is 2. The maximum atomic E-state index is 4.47. The molecule has 2 aromatic rings. The summed E-state index contributed by atoms with van der Waals surface area (Å²) in [5, 5.41) is 6.55. The Balaban J connectivity index is 2.11. The predicted molar refractivity (Wildman–Crippen MR) is 84.6 cm³/mol. The Morgan fingerprint density at radius 2 is 1.80 bits per heavy atom. The number of rotatable bonds is 5. The van der Waals surface area contributed by atoms with E-state index in [0.717, 1.165) is 18.1 Å². The third-order valence-corrected chi connectivity index (χ3v) is 2.82. The van der Waals surface area contributed by atoms with Crippen LogP contribution in [-0.2, 0) is 0 Å². The molecule has 0 aliphatic carbocycles. The standard InChI is InChI=1S/C16H22N4/c1-11(2)10-18-16-17-6-5-15(20-16)19-14-8-12(3)7-13(4)9-14/h5-9,11H,10H2,1-4H3,(H2,17,18,19,20). The monoisotopic (exact) mass is 270 g/mol. The molecule has 0 radical (unpaired) electrons. The van der Waals surface area contributed by atoms with E-state index in [-0.39, 0.29) is 0 Å². The maximum Gasteiger partial charge on any atom is 0.224 e. The van der Waals surface area contributed by atoms with Crippen LogP contribution < -0.4 is 10.6 Å². The first kappa shape index (κ1) is 14.3. The van der Waals surface area contributed by atoms with Crippen molar-refractivity contribution >= 4 is 17.5 Å². The minimum atomic E-state index is 0.564. The molecule has 1 aromatic heterocycles. The van der Waals surface area contributed by atoms with Crippen LogP contribution in [0.5, 0.6) is 0 Å². The summed E-state index contributed by atoms with van der Waals surface area (Å²) in [5.41, 5.74) is 3.52. The van der Waals surface area contributed by atoms with Gasteiger partial charge in [0.15, 0.2) is 0 Å². The van der Waals surface area contributed by atoms with E-state index in [2.05, 4.69) is 66.5 Å². The molecule has 0 spiro atoms. The van der Waals surface area contributed by atoms with Crippen LogP contribution in [-0.4, -0.2) is 16.5 Å². The van der Waals surface area contributed by atoms with Crippen LogP contribution in [0.2, 0.25) is 0 Å². The molecule has 0 bridgehead atoms. The summed E-state index contributed by atoms with van der Waals surface area (Å²) in [7, 11) is 0. The largest absolute Gasteiger partial charge is 0.354 e. The molecule has 20 heavy (non-hydrogen) atoms. The van der Waals surface area contributed by atoms with Crippen LogP contribution in [0, 0.1) is 19.8 Å². The fourth-order valence-corrected chi connectivity index (χ4v) is 2.00. The second kappa shape index (κ2) is 6.37. The van der Waals surface area contributed by atoms with E-state index in [4.69, 9.17) is 0 Å². The molecule has 0 aliphatic heterocycles. The number of anilines is 3. The maximum absolute atomic E-state index is 4.47. The van der Waals surface area contributed by atoms with Crippen molar-refractivity contribution in [2.75, 3.05) is 17.2 Å². The lowest BCUT2D eigenvalue weighted by atomic mass is 10.1. The molecule has 2 N–H and O–H groups in total. The van der Waals surface area contributed by atoms with Gasteiger partial charge in [-0.3, -0.25) is 0 Å². The third-order valence-electron chi connectivity index (χ3n) is 2.82. The quantitative estimate of drug-likeness (QED) is 0.865. The summed E-state index contributed by atoms with van der Waals surface area (Å²) >= 11 is 0. The van der Waals surface area contributed by atoms with Crippen LogP contribution in [0.3, 0.4) is 0 Å². The van der Waals surface area contributed by atoms with Crippen molar-refractivity contribution in [3.63, 3.8) is 0 Å². The SMILES string of the molecule is Cc1cc(C)cc(Nc2ccnc(NCC(C)C)n2)c1. The zero-order valence-corrected chi connectivity index (χ0v) is 12.6. The highest BCUT2D eigenvalue weighted by atomic mass is 15.1. The number of hydrogen-bond donors (Lipinski definition) is 2. The molecule has 0 atom stereocenters. The molecule has 2 rings (SSSR count).